The van der Waals surface area contributed by atoms with Crippen LogP contribution in [0.25, 0.3) is 0 Å². The summed E-state index contributed by atoms with van der Waals surface area (Å²) in [6, 6.07) is 0. The van der Waals surface area contributed by atoms with Crippen LogP contribution in [0.5, 0.6) is 0 Å². The van der Waals surface area contributed by atoms with Gasteiger partial charge in [0, 0.05) is 0 Å². The van der Waals surface area contributed by atoms with E-state index in [1.165, 1.54) is 19.3 Å². The van der Waals surface area contributed by atoms with Crippen molar-refractivity contribution >= 4 is 29.2 Å². The Morgan fingerprint density at radius 3 is 2.23 bits per heavy atom. The average Bonchev–Trinajstić information content (AvgIpc) is 2.07. The van der Waals surface area contributed by atoms with E-state index < -0.39 is 0 Å². The van der Waals surface area contributed by atoms with Crippen molar-refractivity contribution in [1.29, 1.82) is 0 Å². The van der Waals surface area contributed by atoms with Gasteiger partial charge in [-0.1, -0.05) is 38.8 Å². The van der Waals surface area contributed by atoms with Gasteiger partial charge in [0.2, 0.25) is 4.38 Å². The van der Waals surface area contributed by atoms with Gasteiger partial charge in [-0.3, -0.25) is 0 Å². The normalized spacial score (nSPS) is 7.69. The fraction of sp³-hybridized carbons (Fsp3) is 0.778. The second-order valence-corrected chi connectivity index (χ2v) is 3.25. The van der Waals surface area contributed by atoms with Gasteiger partial charge in [0.15, 0.2) is 0 Å². The molecule has 4 heteroatoms. The third kappa shape index (κ3) is 24.8. The summed E-state index contributed by atoms with van der Waals surface area (Å²) in [6.45, 7) is 7.91. The summed E-state index contributed by atoms with van der Waals surface area (Å²) in [4.78, 5) is 0. The molecule has 0 aromatic rings. The quantitative estimate of drug-likeness (QED) is 0.251. The summed E-state index contributed by atoms with van der Waals surface area (Å²) in [5, 5.41) is 0. The van der Waals surface area contributed by atoms with Gasteiger partial charge in [-0.25, -0.2) is 0 Å². The van der Waals surface area contributed by atoms with E-state index in [2.05, 4.69) is 38.7 Å². The molecule has 0 unspecified atom stereocenters. The molecule has 74 valence electrons. The van der Waals surface area contributed by atoms with E-state index in [1.54, 1.807) is 6.92 Å². The van der Waals surface area contributed by atoms with Crippen molar-refractivity contribution in [3.63, 3.8) is 0 Å². The third-order valence-corrected chi connectivity index (χ3v) is 1.47. The standard InChI is InChI=1S/C7H14OS2.C2H5.K/c1-2-3-4-5-6-8-7(9)10;1-2;/h2-6H2,1H3,(H,9,10);1H2,2H3;/q;-1;+1. The third-order valence-electron chi connectivity index (χ3n) is 1.22. The first-order valence-electron chi connectivity index (χ1n) is 4.33. The monoisotopic (exact) mass is 246 g/mol. The summed E-state index contributed by atoms with van der Waals surface area (Å²) in [5.74, 6) is 0. The molecule has 0 bridgehead atoms. The summed E-state index contributed by atoms with van der Waals surface area (Å²) in [5.41, 5.74) is 0. The molecule has 13 heavy (non-hydrogen) atoms. The fourth-order valence-electron chi connectivity index (χ4n) is 0.688. The Bertz CT molecular complexity index is 99.6. The van der Waals surface area contributed by atoms with E-state index in [-0.39, 0.29) is 51.4 Å². The molecule has 0 aliphatic carbocycles. The predicted molar refractivity (Wildman–Crippen MR) is 62.7 cm³/mol. The number of hydrogen-bond acceptors (Lipinski definition) is 2. The zero-order valence-corrected chi connectivity index (χ0v) is 13.8. The minimum atomic E-state index is 0. The molecule has 0 aliphatic rings. The number of thiocarbonyl (C=S) groups is 1. The molecule has 0 saturated carbocycles. The molecule has 0 aromatic carbocycles. The smallest absolute Gasteiger partial charge is 0.479 e. The number of ether oxygens (including phenoxy) is 1. The zero-order chi connectivity index (χ0) is 9.82. The number of thiol groups is 1. The first kappa shape index (κ1) is 20.3. The van der Waals surface area contributed by atoms with Crippen LogP contribution in [0.3, 0.4) is 0 Å². The fourth-order valence-corrected chi connectivity index (χ4v) is 0.863. The van der Waals surface area contributed by atoms with Crippen LogP contribution in [-0.4, -0.2) is 11.0 Å². The number of unbranched alkanes of at least 4 members (excludes halogenated alkanes) is 3. The SMILES string of the molecule is CCCCCCOC(=S)S.[CH2-]C.[K+]. The van der Waals surface area contributed by atoms with Crippen LogP contribution in [-0.2, 0) is 4.74 Å². The van der Waals surface area contributed by atoms with Crippen LogP contribution in [0.1, 0.15) is 39.5 Å². The number of rotatable bonds is 5. The van der Waals surface area contributed by atoms with Gasteiger partial charge in [0.25, 0.3) is 0 Å². The summed E-state index contributed by atoms with van der Waals surface area (Å²) in [6.07, 6.45) is 4.86. The Kier molecular flexibility index (Phi) is 30.4. The minimum Gasteiger partial charge on any atom is -0.479 e. The summed E-state index contributed by atoms with van der Waals surface area (Å²) >= 11 is 8.45. The van der Waals surface area contributed by atoms with E-state index in [1.807, 2.05) is 0 Å². The van der Waals surface area contributed by atoms with E-state index >= 15 is 0 Å². The van der Waals surface area contributed by atoms with Crippen molar-refractivity contribution in [1.82, 2.24) is 0 Å². The molecule has 1 nitrogen and oxygen atoms in total. The molecule has 0 N–H and O–H groups in total. The van der Waals surface area contributed by atoms with Gasteiger partial charge in [-0.2, -0.15) is 6.92 Å². The zero-order valence-electron chi connectivity index (χ0n) is 9.01. The average molecular weight is 246 g/mol. The van der Waals surface area contributed by atoms with Gasteiger partial charge in [-0.15, -0.1) is 0 Å². The molecule has 0 aromatic heterocycles. The van der Waals surface area contributed by atoms with E-state index in [4.69, 9.17) is 4.74 Å². The second kappa shape index (κ2) is 19.4. The van der Waals surface area contributed by atoms with Crippen molar-refractivity contribution in [2.75, 3.05) is 6.61 Å². The van der Waals surface area contributed by atoms with Crippen LogP contribution in [0.15, 0.2) is 0 Å². The molecule has 0 atom stereocenters. The van der Waals surface area contributed by atoms with Crippen LogP contribution in [0.2, 0.25) is 0 Å². The Morgan fingerprint density at radius 1 is 1.31 bits per heavy atom. The summed E-state index contributed by atoms with van der Waals surface area (Å²) in [7, 11) is 0. The molecule has 0 saturated heterocycles. The van der Waals surface area contributed by atoms with E-state index in [0.29, 0.717) is 4.38 Å². The molecule has 0 radical (unpaired) electrons. The molecule has 0 rings (SSSR count). The van der Waals surface area contributed by atoms with Crippen LogP contribution < -0.4 is 51.4 Å². The second-order valence-electron chi connectivity index (χ2n) is 2.18. The van der Waals surface area contributed by atoms with E-state index in [0.717, 1.165) is 13.0 Å². The van der Waals surface area contributed by atoms with Crippen molar-refractivity contribution in [2.45, 2.75) is 39.5 Å². The van der Waals surface area contributed by atoms with Gasteiger partial charge < -0.3 is 11.7 Å². The van der Waals surface area contributed by atoms with Crippen molar-refractivity contribution in [3.8, 4) is 0 Å². The van der Waals surface area contributed by atoms with Gasteiger partial charge in [0.1, 0.15) is 0 Å². The maximum absolute atomic E-state index is 4.98. The van der Waals surface area contributed by atoms with Gasteiger partial charge in [-0.05, 0) is 18.6 Å². The van der Waals surface area contributed by atoms with Gasteiger partial charge >= 0.3 is 51.4 Å². The maximum atomic E-state index is 4.98. The molecule has 0 aliphatic heterocycles. The minimum absolute atomic E-state index is 0. The molecule has 0 fully saturated rings. The Morgan fingerprint density at radius 2 is 1.85 bits per heavy atom. The van der Waals surface area contributed by atoms with Crippen LogP contribution in [0.4, 0.5) is 0 Å². The van der Waals surface area contributed by atoms with E-state index in [9.17, 15) is 0 Å². The Labute approximate surface area is 136 Å². The molecule has 0 spiro atoms. The largest absolute Gasteiger partial charge is 1.00 e. The first-order valence-corrected chi connectivity index (χ1v) is 5.19. The Balaban J connectivity index is -0.000000309. The van der Waals surface area contributed by atoms with Crippen LogP contribution >= 0.6 is 24.8 Å². The molecular formula is C9H19KOS2. The predicted octanol–water partition coefficient (Wildman–Crippen LogP) is 0.642. The number of hydrogen-bond donors (Lipinski definition) is 1. The topological polar surface area (TPSA) is 9.23 Å². The summed E-state index contributed by atoms with van der Waals surface area (Å²) < 4.78 is 5.34. The molecular weight excluding hydrogens is 227 g/mol. The van der Waals surface area contributed by atoms with Crippen molar-refractivity contribution in [2.24, 2.45) is 0 Å². The molecule has 0 heterocycles. The maximum Gasteiger partial charge on any atom is 1.00 e. The molecule has 0 amide bonds. The van der Waals surface area contributed by atoms with Crippen LogP contribution in [0, 0.1) is 6.92 Å². The Hall–Kier alpha value is 1.88. The first-order chi connectivity index (χ1) is 5.77. The van der Waals surface area contributed by atoms with Gasteiger partial charge in [0.05, 0.1) is 6.61 Å². The van der Waals surface area contributed by atoms with Crippen molar-refractivity contribution in [3.05, 3.63) is 6.92 Å². The van der Waals surface area contributed by atoms with Crippen molar-refractivity contribution < 1.29 is 56.1 Å².